The van der Waals surface area contributed by atoms with E-state index in [2.05, 4.69) is 6.07 Å². The number of hydrogen-bond donors (Lipinski definition) is 0. The van der Waals surface area contributed by atoms with E-state index in [9.17, 15) is 0 Å². The van der Waals surface area contributed by atoms with Gasteiger partial charge in [-0.25, -0.2) is 0 Å². The molecule has 0 rings (SSSR count). The second kappa shape index (κ2) is 6.19. The van der Waals surface area contributed by atoms with Crippen molar-refractivity contribution in [2.45, 2.75) is 12.8 Å². The molecule has 0 aromatic rings. The van der Waals surface area contributed by atoms with Crippen LogP contribution in [0, 0.1) is 17.2 Å². The standard InChI is InChI=1S/C6H9Cl2N/c7-3-1-6(5-9)2-4-8/h6H,1-4H2. The molecule has 0 atom stereocenters. The monoisotopic (exact) mass is 165 g/mol. The highest BCUT2D eigenvalue weighted by atomic mass is 35.5. The molecule has 1 nitrogen and oxygen atoms in total. The van der Waals surface area contributed by atoms with Gasteiger partial charge in [0.2, 0.25) is 0 Å². The van der Waals surface area contributed by atoms with E-state index in [1.807, 2.05) is 0 Å². The zero-order valence-corrected chi connectivity index (χ0v) is 6.62. The van der Waals surface area contributed by atoms with Gasteiger partial charge in [-0.05, 0) is 12.8 Å². The number of nitriles is 1. The largest absolute Gasteiger partial charge is 0.198 e. The lowest BCUT2D eigenvalue weighted by molar-refractivity contribution is 0.627. The topological polar surface area (TPSA) is 23.8 Å². The van der Waals surface area contributed by atoms with Gasteiger partial charge in [0.05, 0.1) is 6.07 Å². The van der Waals surface area contributed by atoms with Gasteiger partial charge in [0.15, 0.2) is 0 Å². The summed E-state index contributed by atoms with van der Waals surface area (Å²) in [5, 5.41) is 8.42. The van der Waals surface area contributed by atoms with Crippen LogP contribution in [0.3, 0.4) is 0 Å². The summed E-state index contributed by atoms with van der Waals surface area (Å²) in [7, 11) is 0. The van der Waals surface area contributed by atoms with Crippen LogP contribution in [0.1, 0.15) is 12.8 Å². The predicted octanol–water partition coefficient (Wildman–Crippen LogP) is 2.38. The van der Waals surface area contributed by atoms with E-state index in [0.29, 0.717) is 11.8 Å². The third-order valence-electron chi connectivity index (χ3n) is 1.10. The van der Waals surface area contributed by atoms with Crippen molar-refractivity contribution in [1.82, 2.24) is 0 Å². The SMILES string of the molecule is N#CC(CCCl)CCCl. The molecule has 0 radical (unpaired) electrons. The third-order valence-corrected chi connectivity index (χ3v) is 1.53. The Kier molecular flexibility index (Phi) is 6.24. The van der Waals surface area contributed by atoms with Crippen molar-refractivity contribution in [3.05, 3.63) is 0 Å². The smallest absolute Gasteiger partial charge is 0.0656 e. The van der Waals surface area contributed by atoms with Crippen molar-refractivity contribution in [3.63, 3.8) is 0 Å². The van der Waals surface area contributed by atoms with Crippen LogP contribution in [0.2, 0.25) is 0 Å². The molecule has 0 N–H and O–H groups in total. The van der Waals surface area contributed by atoms with Crippen LogP contribution >= 0.6 is 23.2 Å². The number of alkyl halides is 2. The van der Waals surface area contributed by atoms with E-state index in [1.54, 1.807) is 0 Å². The minimum absolute atomic E-state index is 0.0556. The lowest BCUT2D eigenvalue weighted by Gasteiger charge is -2.00. The summed E-state index contributed by atoms with van der Waals surface area (Å²) in [6.45, 7) is 0. The minimum atomic E-state index is 0.0556. The van der Waals surface area contributed by atoms with Crippen LogP contribution in [0.5, 0.6) is 0 Å². The van der Waals surface area contributed by atoms with E-state index in [0.717, 1.165) is 12.8 Å². The Hall–Kier alpha value is 0.0700. The van der Waals surface area contributed by atoms with Gasteiger partial charge in [0, 0.05) is 17.7 Å². The Morgan fingerprint density at radius 1 is 1.22 bits per heavy atom. The van der Waals surface area contributed by atoms with Crippen molar-refractivity contribution in [3.8, 4) is 6.07 Å². The highest BCUT2D eigenvalue weighted by molar-refractivity contribution is 6.18. The van der Waals surface area contributed by atoms with Gasteiger partial charge in [0.1, 0.15) is 0 Å². The van der Waals surface area contributed by atoms with Crippen LogP contribution in [0.4, 0.5) is 0 Å². The number of halogens is 2. The van der Waals surface area contributed by atoms with Crippen molar-refractivity contribution < 1.29 is 0 Å². The normalized spacial score (nSPS) is 9.56. The molecular formula is C6H9Cl2N. The average Bonchev–Trinajstić information content (AvgIpc) is 1.88. The maximum absolute atomic E-state index is 8.42. The van der Waals surface area contributed by atoms with E-state index >= 15 is 0 Å². The Labute approximate surface area is 65.6 Å². The average molecular weight is 166 g/mol. The first-order valence-electron chi connectivity index (χ1n) is 2.86. The fourth-order valence-electron chi connectivity index (χ4n) is 0.537. The van der Waals surface area contributed by atoms with E-state index in [4.69, 9.17) is 28.5 Å². The van der Waals surface area contributed by atoms with Crippen molar-refractivity contribution in [2.75, 3.05) is 11.8 Å². The summed E-state index contributed by atoms with van der Waals surface area (Å²) in [6.07, 6.45) is 1.51. The molecule has 0 saturated carbocycles. The molecule has 0 heterocycles. The molecule has 0 fully saturated rings. The van der Waals surface area contributed by atoms with E-state index in [-0.39, 0.29) is 5.92 Å². The van der Waals surface area contributed by atoms with Crippen LogP contribution in [-0.4, -0.2) is 11.8 Å². The Balaban J connectivity index is 3.32. The predicted molar refractivity (Wildman–Crippen MR) is 39.8 cm³/mol. The van der Waals surface area contributed by atoms with Crippen LogP contribution in [0.15, 0.2) is 0 Å². The van der Waals surface area contributed by atoms with Gasteiger partial charge in [-0.1, -0.05) is 0 Å². The quantitative estimate of drug-likeness (QED) is 0.588. The number of rotatable bonds is 4. The summed E-state index contributed by atoms with van der Waals surface area (Å²) in [6, 6.07) is 2.14. The van der Waals surface area contributed by atoms with Crippen LogP contribution < -0.4 is 0 Å². The van der Waals surface area contributed by atoms with Gasteiger partial charge >= 0.3 is 0 Å². The first-order valence-corrected chi connectivity index (χ1v) is 3.93. The Bertz CT molecular complexity index is 91.7. The molecule has 9 heavy (non-hydrogen) atoms. The molecule has 0 unspecified atom stereocenters. The van der Waals surface area contributed by atoms with E-state index in [1.165, 1.54) is 0 Å². The minimum Gasteiger partial charge on any atom is -0.198 e. The summed E-state index contributed by atoms with van der Waals surface area (Å²) in [5.41, 5.74) is 0. The van der Waals surface area contributed by atoms with E-state index < -0.39 is 0 Å². The fourth-order valence-corrected chi connectivity index (χ4v) is 1.06. The molecule has 0 aliphatic carbocycles. The zero-order chi connectivity index (χ0) is 7.11. The maximum Gasteiger partial charge on any atom is 0.0656 e. The zero-order valence-electron chi connectivity index (χ0n) is 5.11. The van der Waals surface area contributed by atoms with Gasteiger partial charge in [-0.15, -0.1) is 23.2 Å². The lowest BCUT2D eigenvalue weighted by Crippen LogP contribution is -1.98. The Morgan fingerprint density at radius 2 is 1.67 bits per heavy atom. The molecular weight excluding hydrogens is 157 g/mol. The van der Waals surface area contributed by atoms with Crippen LogP contribution in [0.25, 0.3) is 0 Å². The molecule has 0 aliphatic heterocycles. The molecule has 0 aromatic carbocycles. The molecule has 0 aliphatic rings. The second-order valence-electron chi connectivity index (χ2n) is 1.78. The third kappa shape index (κ3) is 4.57. The second-order valence-corrected chi connectivity index (χ2v) is 2.54. The lowest BCUT2D eigenvalue weighted by atomic mass is 10.1. The van der Waals surface area contributed by atoms with Gasteiger partial charge in [-0.2, -0.15) is 5.26 Å². The van der Waals surface area contributed by atoms with Crippen LogP contribution in [-0.2, 0) is 0 Å². The molecule has 3 heteroatoms. The summed E-state index contributed by atoms with van der Waals surface area (Å²) in [5.74, 6) is 1.16. The van der Waals surface area contributed by atoms with Crippen molar-refractivity contribution in [1.29, 1.82) is 5.26 Å². The highest BCUT2D eigenvalue weighted by Gasteiger charge is 2.03. The maximum atomic E-state index is 8.42. The molecule has 0 spiro atoms. The molecule has 0 amide bonds. The molecule has 0 saturated heterocycles. The number of hydrogen-bond acceptors (Lipinski definition) is 1. The van der Waals surface area contributed by atoms with Gasteiger partial charge in [0.25, 0.3) is 0 Å². The summed E-state index contributed by atoms with van der Waals surface area (Å²) in [4.78, 5) is 0. The Morgan fingerprint density at radius 3 is 1.89 bits per heavy atom. The van der Waals surface area contributed by atoms with Gasteiger partial charge in [-0.3, -0.25) is 0 Å². The molecule has 0 bridgehead atoms. The molecule has 0 aromatic heterocycles. The molecule has 52 valence electrons. The summed E-state index contributed by atoms with van der Waals surface area (Å²) < 4.78 is 0. The first-order chi connectivity index (χ1) is 4.35. The van der Waals surface area contributed by atoms with Crippen molar-refractivity contribution in [2.24, 2.45) is 5.92 Å². The van der Waals surface area contributed by atoms with Gasteiger partial charge < -0.3 is 0 Å². The highest BCUT2D eigenvalue weighted by Crippen LogP contribution is 2.08. The summed E-state index contributed by atoms with van der Waals surface area (Å²) >= 11 is 10.8. The fraction of sp³-hybridized carbons (Fsp3) is 0.833. The van der Waals surface area contributed by atoms with Crippen molar-refractivity contribution >= 4 is 23.2 Å². The number of nitrogens with zero attached hydrogens (tertiary/aromatic N) is 1. The first kappa shape index (κ1) is 9.07.